The van der Waals surface area contributed by atoms with Gasteiger partial charge in [0.1, 0.15) is 0 Å². The topological polar surface area (TPSA) is 86.2 Å². The molecule has 0 atom stereocenters. The van der Waals surface area contributed by atoms with Crippen molar-refractivity contribution in [2.24, 2.45) is 0 Å². The molecular weight excluding hydrogens is 264 g/mol. The first kappa shape index (κ1) is 13.6. The first-order chi connectivity index (χ1) is 8.73. The Morgan fingerprint density at radius 2 is 1.79 bits per heavy atom. The molecule has 0 spiro atoms. The summed E-state index contributed by atoms with van der Waals surface area (Å²) in [7, 11) is -3.19. The molecule has 0 saturated carbocycles. The molecule has 1 aromatic carbocycles. The van der Waals surface area contributed by atoms with Crippen LogP contribution in [0.5, 0.6) is 0 Å². The molecule has 2 N–H and O–H groups in total. The number of sulfone groups is 1. The lowest BCUT2D eigenvalue weighted by molar-refractivity contribution is 0.436. The van der Waals surface area contributed by atoms with Crippen LogP contribution < -0.4 is 5.73 Å². The fourth-order valence-electron chi connectivity index (χ4n) is 1.73. The van der Waals surface area contributed by atoms with Crippen LogP contribution in [0, 0.1) is 0 Å². The fourth-order valence-corrected chi connectivity index (χ4v) is 2.29. The van der Waals surface area contributed by atoms with Crippen LogP contribution in [0.1, 0.15) is 19.4 Å². The summed E-state index contributed by atoms with van der Waals surface area (Å²) in [5, 5.41) is 3.61. The second kappa shape index (κ2) is 4.38. The van der Waals surface area contributed by atoms with Crippen LogP contribution in [0.3, 0.4) is 0 Å². The van der Waals surface area contributed by atoms with Crippen LogP contribution in [-0.4, -0.2) is 19.8 Å². The molecule has 6 heteroatoms. The van der Waals surface area contributed by atoms with Gasteiger partial charge in [-0.2, -0.15) is 0 Å². The molecule has 0 aliphatic heterocycles. The van der Waals surface area contributed by atoms with Crippen LogP contribution in [-0.2, 0) is 14.6 Å². The highest BCUT2D eigenvalue weighted by Gasteiger charge is 2.32. The predicted octanol–water partition coefficient (Wildman–Crippen LogP) is 2.20. The quantitative estimate of drug-likeness (QED) is 0.931. The predicted molar refractivity (Wildman–Crippen MR) is 74.2 cm³/mol. The molecule has 0 radical (unpaired) electrons. The number of rotatable bonds is 3. The molecule has 1 aromatic heterocycles. The maximum Gasteiger partial charge on any atom is 0.229 e. The third-order valence-corrected chi connectivity index (χ3v) is 5.51. The second-order valence-corrected chi connectivity index (χ2v) is 7.53. The summed E-state index contributed by atoms with van der Waals surface area (Å²) in [6.07, 6.45) is 2.77. The molecule has 0 aliphatic carbocycles. The molecule has 2 aromatic rings. The third kappa shape index (κ3) is 2.35. The summed E-state index contributed by atoms with van der Waals surface area (Å²) in [4.78, 5) is 0. The zero-order valence-corrected chi connectivity index (χ0v) is 11.9. The Morgan fingerprint density at radius 3 is 2.21 bits per heavy atom. The Kier molecular flexibility index (Phi) is 3.14. The van der Waals surface area contributed by atoms with Gasteiger partial charge in [0.2, 0.25) is 5.88 Å². The molecular formula is C13H16N2O3S. The van der Waals surface area contributed by atoms with Gasteiger partial charge in [-0.25, -0.2) is 8.42 Å². The highest BCUT2D eigenvalue weighted by molar-refractivity contribution is 7.91. The zero-order chi connectivity index (χ0) is 14.3. The normalized spacial score (nSPS) is 12.6. The number of benzene rings is 1. The molecule has 19 heavy (non-hydrogen) atoms. The minimum absolute atomic E-state index is 0.245. The number of hydrogen-bond acceptors (Lipinski definition) is 5. The highest BCUT2D eigenvalue weighted by atomic mass is 32.2. The van der Waals surface area contributed by atoms with Crippen LogP contribution in [0.2, 0.25) is 0 Å². The Labute approximate surface area is 112 Å². The molecule has 2 rings (SSSR count). The van der Waals surface area contributed by atoms with Gasteiger partial charge in [0.15, 0.2) is 9.84 Å². The highest BCUT2D eigenvalue weighted by Crippen LogP contribution is 2.32. The average Bonchev–Trinajstić information content (AvgIpc) is 2.74. The maximum absolute atomic E-state index is 11.8. The molecule has 0 bridgehead atoms. The minimum atomic E-state index is -3.19. The SMILES string of the molecule is CC(C)(c1ccc(-c2cnoc2N)cc1)S(C)(=O)=O. The smallest absolute Gasteiger partial charge is 0.229 e. The molecule has 0 aliphatic rings. The van der Waals surface area contributed by atoms with E-state index in [-0.39, 0.29) is 5.88 Å². The van der Waals surface area contributed by atoms with E-state index in [1.807, 2.05) is 12.1 Å². The van der Waals surface area contributed by atoms with Crippen molar-refractivity contribution in [2.45, 2.75) is 18.6 Å². The molecule has 102 valence electrons. The summed E-state index contributed by atoms with van der Waals surface area (Å²) >= 11 is 0. The number of nitrogens with zero attached hydrogens (tertiary/aromatic N) is 1. The van der Waals surface area contributed by atoms with E-state index in [1.54, 1.807) is 26.0 Å². The Bertz CT molecular complexity index is 685. The summed E-state index contributed by atoms with van der Waals surface area (Å²) < 4.78 is 27.4. The number of hydrogen-bond donors (Lipinski definition) is 1. The van der Waals surface area contributed by atoms with Crippen LogP contribution in [0.15, 0.2) is 35.0 Å². The van der Waals surface area contributed by atoms with Gasteiger partial charge in [-0.1, -0.05) is 29.4 Å². The lowest BCUT2D eigenvalue weighted by Gasteiger charge is -2.23. The van der Waals surface area contributed by atoms with E-state index >= 15 is 0 Å². The van der Waals surface area contributed by atoms with E-state index in [0.29, 0.717) is 5.56 Å². The summed E-state index contributed by atoms with van der Waals surface area (Å²) in [5.74, 6) is 0.245. The van der Waals surface area contributed by atoms with Crippen LogP contribution >= 0.6 is 0 Å². The van der Waals surface area contributed by atoms with E-state index in [0.717, 1.165) is 11.1 Å². The minimum Gasteiger partial charge on any atom is -0.367 e. The Morgan fingerprint density at radius 1 is 1.21 bits per heavy atom. The van der Waals surface area contributed by atoms with E-state index in [4.69, 9.17) is 10.3 Å². The fraction of sp³-hybridized carbons (Fsp3) is 0.308. The van der Waals surface area contributed by atoms with Crippen molar-refractivity contribution in [3.8, 4) is 11.1 Å². The number of nitrogen functional groups attached to an aromatic ring is 1. The Hall–Kier alpha value is -1.82. The molecule has 0 saturated heterocycles. The van der Waals surface area contributed by atoms with Crippen LogP contribution in [0.4, 0.5) is 5.88 Å². The molecule has 1 heterocycles. The van der Waals surface area contributed by atoms with Gasteiger partial charge >= 0.3 is 0 Å². The lowest BCUT2D eigenvalue weighted by Crippen LogP contribution is -2.27. The van der Waals surface area contributed by atoms with Crippen molar-refractivity contribution >= 4 is 15.7 Å². The summed E-state index contributed by atoms with van der Waals surface area (Å²) in [6.45, 7) is 3.37. The van der Waals surface area contributed by atoms with E-state index < -0.39 is 14.6 Å². The number of anilines is 1. The number of nitrogens with two attached hydrogens (primary N) is 1. The van der Waals surface area contributed by atoms with Gasteiger partial charge in [0.05, 0.1) is 16.5 Å². The van der Waals surface area contributed by atoms with E-state index in [2.05, 4.69) is 5.16 Å². The van der Waals surface area contributed by atoms with Gasteiger partial charge < -0.3 is 10.3 Å². The van der Waals surface area contributed by atoms with Gasteiger partial charge in [-0.15, -0.1) is 0 Å². The van der Waals surface area contributed by atoms with Crippen molar-refractivity contribution < 1.29 is 12.9 Å². The Balaban J connectivity index is 2.43. The standard InChI is InChI=1S/C13H16N2O3S/c1-13(2,19(3,16)17)10-6-4-9(5-7-10)11-8-15-18-12(11)14/h4-8H,14H2,1-3H3. The molecule has 0 fully saturated rings. The molecule has 0 amide bonds. The van der Waals surface area contributed by atoms with Crippen molar-refractivity contribution in [1.29, 1.82) is 0 Å². The molecule has 5 nitrogen and oxygen atoms in total. The van der Waals surface area contributed by atoms with E-state index in [9.17, 15) is 8.42 Å². The summed E-state index contributed by atoms with van der Waals surface area (Å²) in [6, 6.07) is 7.18. The van der Waals surface area contributed by atoms with Gasteiger partial charge in [0.25, 0.3) is 0 Å². The van der Waals surface area contributed by atoms with Crippen molar-refractivity contribution in [2.75, 3.05) is 12.0 Å². The largest absolute Gasteiger partial charge is 0.367 e. The summed E-state index contributed by atoms with van der Waals surface area (Å²) in [5.41, 5.74) is 7.91. The average molecular weight is 280 g/mol. The lowest BCUT2D eigenvalue weighted by atomic mass is 9.99. The van der Waals surface area contributed by atoms with Crippen molar-refractivity contribution in [3.05, 3.63) is 36.0 Å². The number of aromatic nitrogens is 1. The van der Waals surface area contributed by atoms with Crippen molar-refractivity contribution in [3.63, 3.8) is 0 Å². The van der Waals surface area contributed by atoms with Gasteiger partial charge in [0, 0.05) is 6.26 Å². The zero-order valence-electron chi connectivity index (χ0n) is 11.0. The van der Waals surface area contributed by atoms with Gasteiger partial charge in [-0.05, 0) is 25.0 Å². The first-order valence-electron chi connectivity index (χ1n) is 5.74. The third-order valence-electron chi connectivity index (χ3n) is 3.42. The molecule has 0 unspecified atom stereocenters. The first-order valence-corrected chi connectivity index (χ1v) is 7.63. The van der Waals surface area contributed by atoms with Crippen LogP contribution in [0.25, 0.3) is 11.1 Å². The van der Waals surface area contributed by atoms with E-state index in [1.165, 1.54) is 12.5 Å². The maximum atomic E-state index is 11.8. The van der Waals surface area contributed by atoms with Gasteiger partial charge in [-0.3, -0.25) is 0 Å². The monoisotopic (exact) mass is 280 g/mol. The second-order valence-electron chi connectivity index (χ2n) is 4.96. The van der Waals surface area contributed by atoms with Crippen molar-refractivity contribution in [1.82, 2.24) is 5.16 Å².